The van der Waals surface area contributed by atoms with Crippen molar-refractivity contribution < 1.29 is 45.4 Å². The van der Waals surface area contributed by atoms with Gasteiger partial charge in [-0.05, 0) is 29.9 Å². The molecule has 2 atom stereocenters. The third-order valence-electron chi connectivity index (χ3n) is 7.51. The molecule has 2 amide bonds. The van der Waals surface area contributed by atoms with E-state index in [0.717, 1.165) is 12.0 Å². The number of halogens is 6. The Bertz CT molecular complexity index is 1160. The van der Waals surface area contributed by atoms with E-state index in [-0.39, 0.29) is 55.9 Å². The number of alkyl halides is 6. The van der Waals surface area contributed by atoms with Crippen LogP contribution in [0.3, 0.4) is 0 Å². The van der Waals surface area contributed by atoms with E-state index in [4.69, 9.17) is 4.74 Å². The van der Waals surface area contributed by atoms with Crippen LogP contribution >= 0.6 is 0 Å². The van der Waals surface area contributed by atoms with Crippen LogP contribution in [0.25, 0.3) is 0 Å². The van der Waals surface area contributed by atoms with Gasteiger partial charge in [0.05, 0.1) is 0 Å². The molecule has 0 aromatic heterocycles. The summed E-state index contributed by atoms with van der Waals surface area (Å²) < 4.78 is 91.5. The molecule has 0 bridgehead atoms. The van der Waals surface area contributed by atoms with Crippen LogP contribution in [-0.2, 0) is 19.9 Å². The molecule has 2 aromatic rings. The predicted molar refractivity (Wildman–Crippen MR) is 123 cm³/mol. The van der Waals surface area contributed by atoms with Crippen molar-refractivity contribution in [1.82, 2.24) is 10.2 Å². The summed E-state index contributed by atoms with van der Waals surface area (Å²) in [5, 5.41) is 2.68. The Labute approximate surface area is 214 Å². The van der Waals surface area contributed by atoms with Gasteiger partial charge < -0.3 is 19.7 Å². The van der Waals surface area contributed by atoms with Gasteiger partial charge in [-0.1, -0.05) is 48.5 Å². The van der Waals surface area contributed by atoms with Crippen molar-refractivity contribution in [2.24, 2.45) is 5.41 Å². The molecular formula is C26H26F6N2O4. The third kappa shape index (κ3) is 5.05. The number of piperidine rings is 2. The first-order chi connectivity index (χ1) is 17.8. The molecule has 2 heterocycles. The smallest absolute Gasteiger partial charge is 0.405 e. The number of para-hydroxylation sites is 1. The number of amides is 2. The molecule has 2 saturated heterocycles. The first kappa shape index (κ1) is 27.7. The molecule has 0 aliphatic carbocycles. The molecular weight excluding hydrogens is 518 g/mol. The van der Waals surface area contributed by atoms with E-state index in [2.05, 4.69) is 10.1 Å². The zero-order chi connectivity index (χ0) is 27.8. The number of likely N-dealkylation sites (tertiary alicyclic amines) is 1. The molecule has 1 spiro atoms. The summed E-state index contributed by atoms with van der Waals surface area (Å²) in [6.07, 6.45) is -9.85. The fourth-order valence-corrected chi connectivity index (χ4v) is 5.67. The normalized spacial score (nSPS) is 21.5. The minimum absolute atomic E-state index is 0.0274. The van der Waals surface area contributed by atoms with E-state index in [9.17, 15) is 35.9 Å². The van der Waals surface area contributed by atoms with Crippen molar-refractivity contribution in [3.05, 3.63) is 65.7 Å². The van der Waals surface area contributed by atoms with Crippen LogP contribution in [-0.4, -0.2) is 56.0 Å². The second-order valence-electron chi connectivity index (χ2n) is 9.52. The van der Waals surface area contributed by atoms with E-state index >= 15 is 0 Å². The maximum Gasteiger partial charge on any atom is 0.573 e. The number of methoxy groups -OCH3 is 1. The predicted octanol–water partition coefficient (Wildman–Crippen LogP) is 4.90. The highest BCUT2D eigenvalue weighted by molar-refractivity contribution is 5.88. The Morgan fingerprint density at radius 3 is 2.16 bits per heavy atom. The lowest BCUT2D eigenvalue weighted by molar-refractivity contribution is -0.275. The highest BCUT2D eigenvalue weighted by Gasteiger charge is 2.64. The van der Waals surface area contributed by atoms with Crippen LogP contribution in [0.5, 0.6) is 5.75 Å². The Hall–Kier alpha value is -3.28. The standard InChI is InChI=1S/C26H26F6N2O4/c1-37-24(25(27,28)29,17-7-3-2-4-8-17)22(36)34-13-11-23(12-14-34)15-21(35)33-16-19(23)18-9-5-6-10-20(18)38-26(30,31)32/h2-10,19H,11-16H2,1H3,(H,33,35)/t19-,24-/m1/s1. The topological polar surface area (TPSA) is 67.9 Å². The maximum atomic E-state index is 14.4. The highest BCUT2D eigenvalue weighted by atomic mass is 19.4. The molecule has 0 unspecified atom stereocenters. The van der Waals surface area contributed by atoms with Gasteiger partial charge in [-0.2, -0.15) is 13.2 Å². The SMILES string of the molecule is CO[C@@](C(=O)N1CCC2(CC1)CC(=O)NC[C@@H]2c1ccccc1OC(F)(F)F)(c1ccccc1)C(F)(F)F. The Morgan fingerprint density at radius 2 is 1.58 bits per heavy atom. The van der Waals surface area contributed by atoms with Gasteiger partial charge in [0.2, 0.25) is 5.91 Å². The van der Waals surface area contributed by atoms with Crippen LogP contribution in [0.4, 0.5) is 26.3 Å². The monoisotopic (exact) mass is 544 g/mol. The molecule has 38 heavy (non-hydrogen) atoms. The number of carbonyl (C=O) groups is 2. The molecule has 206 valence electrons. The number of ether oxygens (including phenoxy) is 2. The Morgan fingerprint density at radius 1 is 0.974 bits per heavy atom. The highest BCUT2D eigenvalue weighted by Crippen LogP contribution is 2.52. The molecule has 2 aliphatic rings. The largest absolute Gasteiger partial charge is 0.573 e. The van der Waals surface area contributed by atoms with Gasteiger partial charge in [-0.15, -0.1) is 13.2 Å². The van der Waals surface area contributed by atoms with Crippen LogP contribution in [0, 0.1) is 5.41 Å². The zero-order valence-corrected chi connectivity index (χ0v) is 20.4. The molecule has 2 fully saturated rings. The van der Waals surface area contributed by atoms with Crippen molar-refractivity contribution >= 4 is 11.8 Å². The molecule has 2 aromatic carbocycles. The molecule has 12 heteroatoms. The third-order valence-corrected chi connectivity index (χ3v) is 7.51. The van der Waals surface area contributed by atoms with E-state index in [1.165, 1.54) is 48.5 Å². The molecule has 6 nitrogen and oxygen atoms in total. The van der Waals surface area contributed by atoms with Gasteiger partial charge in [0.25, 0.3) is 11.5 Å². The maximum absolute atomic E-state index is 14.4. The van der Waals surface area contributed by atoms with Crippen LogP contribution in [0.1, 0.15) is 36.3 Å². The number of rotatable bonds is 5. The van der Waals surface area contributed by atoms with E-state index in [1.54, 1.807) is 6.07 Å². The molecule has 0 radical (unpaired) electrons. The number of hydrogen-bond acceptors (Lipinski definition) is 4. The Kier molecular flexibility index (Phi) is 7.39. The fraction of sp³-hybridized carbons (Fsp3) is 0.462. The molecule has 2 aliphatic heterocycles. The van der Waals surface area contributed by atoms with Gasteiger partial charge in [0, 0.05) is 44.6 Å². The average Bonchev–Trinajstić information content (AvgIpc) is 2.85. The number of nitrogens with one attached hydrogen (secondary N) is 1. The minimum atomic E-state index is -5.07. The summed E-state index contributed by atoms with van der Waals surface area (Å²) in [5.41, 5.74) is -4.25. The Balaban J connectivity index is 1.64. The number of hydrogen-bond donors (Lipinski definition) is 1. The van der Waals surface area contributed by atoms with Gasteiger partial charge in [0.15, 0.2) is 0 Å². The van der Waals surface area contributed by atoms with E-state index in [1.807, 2.05) is 0 Å². The fourth-order valence-electron chi connectivity index (χ4n) is 5.67. The van der Waals surface area contributed by atoms with Crippen molar-refractivity contribution in [1.29, 1.82) is 0 Å². The van der Waals surface area contributed by atoms with Gasteiger partial charge in [0.1, 0.15) is 5.75 Å². The van der Waals surface area contributed by atoms with Gasteiger partial charge in [-0.25, -0.2) is 0 Å². The lowest BCUT2D eigenvalue weighted by atomic mass is 9.62. The van der Waals surface area contributed by atoms with Gasteiger partial charge >= 0.3 is 12.5 Å². The molecule has 4 rings (SSSR count). The van der Waals surface area contributed by atoms with Gasteiger partial charge in [-0.3, -0.25) is 9.59 Å². The lowest BCUT2D eigenvalue weighted by Gasteiger charge is -2.50. The zero-order valence-electron chi connectivity index (χ0n) is 20.4. The van der Waals surface area contributed by atoms with Crippen molar-refractivity contribution in [3.8, 4) is 5.75 Å². The molecule has 1 N–H and O–H groups in total. The summed E-state index contributed by atoms with van der Waals surface area (Å²) in [5.74, 6) is -2.62. The van der Waals surface area contributed by atoms with E-state index < -0.39 is 41.1 Å². The second-order valence-corrected chi connectivity index (χ2v) is 9.52. The number of carbonyl (C=O) groups excluding carboxylic acids is 2. The first-order valence-corrected chi connectivity index (χ1v) is 11.9. The minimum Gasteiger partial charge on any atom is -0.405 e. The van der Waals surface area contributed by atoms with Crippen molar-refractivity contribution in [3.63, 3.8) is 0 Å². The van der Waals surface area contributed by atoms with E-state index in [0.29, 0.717) is 0 Å². The number of nitrogens with zero attached hydrogens (tertiary/aromatic N) is 1. The number of benzene rings is 2. The van der Waals surface area contributed by atoms with Crippen LogP contribution < -0.4 is 10.1 Å². The first-order valence-electron chi connectivity index (χ1n) is 11.9. The summed E-state index contributed by atoms with van der Waals surface area (Å²) in [7, 11) is 0.822. The lowest BCUT2D eigenvalue weighted by Crippen LogP contribution is -2.60. The summed E-state index contributed by atoms with van der Waals surface area (Å²) in [6, 6.07) is 12.2. The van der Waals surface area contributed by atoms with Crippen LogP contribution in [0.2, 0.25) is 0 Å². The van der Waals surface area contributed by atoms with Crippen molar-refractivity contribution in [2.45, 2.75) is 43.3 Å². The second kappa shape index (κ2) is 10.1. The van der Waals surface area contributed by atoms with Crippen LogP contribution in [0.15, 0.2) is 54.6 Å². The summed E-state index contributed by atoms with van der Waals surface area (Å²) in [4.78, 5) is 26.9. The summed E-state index contributed by atoms with van der Waals surface area (Å²) in [6.45, 7) is -0.253. The molecule has 0 saturated carbocycles. The average molecular weight is 544 g/mol. The quantitative estimate of drug-likeness (QED) is 0.544. The van der Waals surface area contributed by atoms with Crippen molar-refractivity contribution in [2.75, 3.05) is 26.7 Å². The summed E-state index contributed by atoms with van der Waals surface area (Å²) >= 11 is 0.